The summed E-state index contributed by atoms with van der Waals surface area (Å²) in [5.41, 5.74) is 0.702. The minimum Gasteiger partial charge on any atom is -0.381 e. The highest BCUT2D eigenvalue weighted by Gasteiger charge is 2.43. The second-order valence-corrected chi connectivity index (χ2v) is 7.70. The largest absolute Gasteiger partial charge is 0.381 e. The van der Waals surface area contributed by atoms with Crippen LogP contribution < -0.4 is 5.32 Å². The molecular weight excluding hydrogens is 403 g/mol. The van der Waals surface area contributed by atoms with Crippen molar-refractivity contribution in [3.63, 3.8) is 0 Å². The maximum absolute atomic E-state index is 5.64. The van der Waals surface area contributed by atoms with E-state index in [9.17, 15) is 0 Å². The summed E-state index contributed by atoms with van der Waals surface area (Å²) < 4.78 is 5.64. The van der Waals surface area contributed by atoms with Crippen molar-refractivity contribution in [1.82, 2.24) is 15.1 Å². The highest BCUT2D eigenvalue weighted by Crippen LogP contribution is 2.38. The van der Waals surface area contributed by atoms with Gasteiger partial charge in [0.05, 0.1) is 6.61 Å². The van der Waals surface area contributed by atoms with E-state index in [1.165, 1.54) is 38.5 Å². The Morgan fingerprint density at radius 2 is 1.96 bits per heavy atom. The van der Waals surface area contributed by atoms with Crippen LogP contribution in [0.2, 0.25) is 0 Å². The number of halogens is 1. The van der Waals surface area contributed by atoms with Gasteiger partial charge >= 0.3 is 0 Å². The number of hydrogen-bond donors (Lipinski definition) is 1. The summed E-state index contributed by atoms with van der Waals surface area (Å²) in [6, 6.07) is 0. The number of nitrogens with one attached hydrogen (secondary N) is 1. The van der Waals surface area contributed by atoms with Gasteiger partial charge in [-0.25, -0.2) is 0 Å². The smallest absolute Gasteiger partial charge is 0.193 e. The van der Waals surface area contributed by atoms with Crippen molar-refractivity contribution in [2.24, 2.45) is 10.4 Å². The van der Waals surface area contributed by atoms with Crippen LogP contribution in [-0.4, -0.2) is 75.3 Å². The Hall–Kier alpha value is -0.0800. The number of rotatable bonds is 3. The van der Waals surface area contributed by atoms with Gasteiger partial charge in [0.15, 0.2) is 5.96 Å². The van der Waals surface area contributed by atoms with Gasteiger partial charge < -0.3 is 19.9 Å². The van der Waals surface area contributed by atoms with Crippen molar-refractivity contribution < 1.29 is 4.74 Å². The van der Waals surface area contributed by atoms with E-state index >= 15 is 0 Å². The van der Waals surface area contributed by atoms with E-state index in [0.29, 0.717) is 11.0 Å². The van der Waals surface area contributed by atoms with Gasteiger partial charge in [0, 0.05) is 44.2 Å². The quantitative estimate of drug-likeness (QED) is 0.418. The molecule has 0 radical (unpaired) electrons. The summed E-state index contributed by atoms with van der Waals surface area (Å²) in [6.45, 7) is 5.08. The molecule has 3 aliphatic rings. The van der Waals surface area contributed by atoms with Crippen molar-refractivity contribution >= 4 is 29.9 Å². The third-order valence-corrected chi connectivity index (χ3v) is 6.19. The molecule has 1 N–H and O–H groups in total. The van der Waals surface area contributed by atoms with Gasteiger partial charge in [-0.2, -0.15) is 0 Å². The molecule has 5 nitrogen and oxygen atoms in total. The first-order valence-electron chi connectivity index (χ1n) is 8.80. The van der Waals surface area contributed by atoms with Gasteiger partial charge in [-0.1, -0.05) is 12.8 Å². The van der Waals surface area contributed by atoms with E-state index in [1.807, 2.05) is 7.05 Å². The van der Waals surface area contributed by atoms with Crippen LogP contribution in [0.5, 0.6) is 0 Å². The molecule has 1 aliphatic carbocycles. The zero-order chi connectivity index (χ0) is 15.6. The minimum absolute atomic E-state index is 0. The summed E-state index contributed by atoms with van der Waals surface area (Å²) >= 11 is 0. The number of likely N-dealkylation sites (tertiary alicyclic amines) is 1. The number of hydrogen-bond acceptors (Lipinski definition) is 3. The molecule has 1 atom stereocenters. The van der Waals surface area contributed by atoms with Crippen molar-refractivity contribution in [3.05, 3.63) is 0 Å². The Labute approximate surface area is 158 Å². The molecule has 0 amide bonds. The van der Waals surface area contributed by atoms with Crippen LogP contribution in [0.4, 0.5) is 0 Å². The zero-order valence-corrected chi connectivity index (χ0v) is 17.3. The normalized spacial score (nSPS) is 30.3. The van der Waals surface area contributed by atoms with Crippen molar-refractivity contribution in [3.8, 4) is 0 Å². The highest BCUT2D eigenvalue weighted by molar-refractivity contribution is 14.0. The Morgan fingerprint density at radius 1 is 1.22 bits per heavy atom. The third kappa shape index (κ3) is 3.95. The summed E-state index contributed by atoms with van der Waals surface area (Å²) in [6.07, 6.45) is 7.74. The molecule has 0 aromatic rings. The topological polar surface area (TPSA) is 40.1 Å². The third-order valence-electron chi connectivity index (χ3n) is 6.19. The molecule has 0 aromatic heterocycles. The van der Waals surface area contributed by atoms with E-state index in [-0.39, 0.29) is 24.0 Å². The van der Waals surface area contributed by atoms with Crippen molar-refractivity contribution in [2.45, 2.75) is 44.1 Å². The summed E-state index contributed by atoms with van der Waals surface area (Å²) in [5, 5.41) is 3.68. The van der Waals surface area contributed by atoms with Gasteiger partial charge in [0.25, 0.3) is 0 Å². The van der Waals surface area contributed by atoms with E-state index < -0.39 is 0 Å². The number of guanidine groups is 1. The van der Waals surface area contributed by atoms with Crippen LogP contribution >= 0.6 is 24.0 Å². The van der Waals surface area contributed by atoms with E-state index in [2.05, 4.69) is 34.2 Å². The van der Waals surface area contributed by atoms with E-state index in [0.717, 1.165) is 38.8 Å². The molecule has 2 saturated heterocycles. The fourth-order valence-corrected chi connectivity index (χ4v) is 4.48. The van der Waals surface area contributed by atoms with Crippen LogP contribution in [-0.2, 0) is 4.74 Å². The fourth-order valence-electron chi connectivity index (χ4n) is 4.48. The van der Waals surface area contributed by atoms with Crippen molar-refractivity contribution in [2.75, 3.05) is 54.0 Å². The Kier molecular flexibility index (Phi) is 6.58. The second-order valence-electron chi connectivity index (χ2n) is 7.70. The second kappa shape index (κ2) is 7.87. The van der Waals surface area contributed by atoms with Crippen LogP contribution in [0, 0.1) is 5.41 Å². The van der Waals surface area contributed by atoms with E-state index in [1.54, 1.807) is 0 Å². The standard InChI is InChI=1S/C17H32N4O.HI/c1-18-15(19-12-17(20(2)3)6-4-5-7-17)21-10-8-16(13-21)9-11-22-14-16;/h4-14H2,1-3H3,(H,18,19);1H. The molecule has 0 bridgehead atoms. The Balaban J connectivity index is 0.00000192. The number of aliphatic imine (C=N–C) groups is 1. The average molecular weight is 436 g/mol. The van der Waals surface area contributed by atoms with Gasteiger partial charge in [-0.05, 0) is 39.8 Å². The van der Waals surface area contributed by atoms with E-state index in [4.69, 9.17) is 4.74 Å². The maximum Gasteiger partial charge on any atom is 0.193 e. The Bertz CT molecular complexity index is 415. The summed E-state index contributed by atoms with van der Waals surface area (Å²) in [4.78, 5) is 9.40. The van der Waals surface area contributed by atoms with Crippen LogP contribution in [0.1, 0.15) is 38.5 Å². The number of likely N-dealkylation sites (N-methyl/N-ethyl adjacent to an activating group) is 1. The molecule has 23 heavy (non-hydrogen) atoms. The first-order chi connectivity index (χ1) is 10.6. The first-order valence-corrected chi connectivity index (χ1v) is 8.80. The summed E-state index contributed by atoms with van der Waals surface area (Å²) in [5.74, 6) is 1.08. The van der Waals surface area contributed by atoms with Crippen LogP contribution in [0.3, 0.4) is 0 Å². The Morgan fingerprint density at radius 3 is 2.52 bits per heavy atom. The molecule has 3 rings (SSSR count). The lowest BCUT2D eigenvalue weighted by Crippen LogP contribution is -2.53. The highest BCUT2D eigenvalue weighted by atomic mass is 127. The van der Waals surface area contributed by atoms with Gasteiger partial charge in [-0.3, -0.25) is 4.99 Å². The SMILES string of the molecule is CN=C(NCC1(N(C)C)CCCC1)N1CCC2(CCOC2)C1.I. The molecule has 1 saturated carbocycles. The fraction of sp³-hybridized carbons (Fsp3) is 0.941. The number of ether oxygens (including phenoxy) is 1. The predicted octanol–water partition coefficient (Wildman–Crippen LogP) is 2.17. The lowest BCUT2D eigenvalue weighted by atomic mass is 9.87. The lowest BCUT2D eigenvalue weighted by Gasteiger charge is -2.37. The molecule has 6 heteroatoms. The van der Waals surface area contributed by atoms with Crippen molar-refractivity contribution in [1.29, 1.82) is 0 Å². The van der Waals surface area contributed by atoms with Gasteiger partial charge in [0.1, 0.15) is 0 Å². The zero-order valence-electron chi connectivity index (χ0n) is 14.9. The monoisotopic (exact) mass is 436 g/mol. The number of nitrogens with zero attached hydrogens (tertiary/aromatic N) is 3. The molecule has 134 valence electrons. The molecule has 2 heterocycles. The molecular formula is C17H33IN4O. The summed E-state index contributed by atoms with van der Waals surface area (Å²) in [7, 11) is 6.35. The molecule has 2 aliphatic heterocycles. The van der Waals surface area contributed by atoms with Crippen LogP contribution in [0.15, 0.2) is 4.99 Å². The van der Waals surface area contributed by atoms with Crippen LogP contribution in [0.25, 0.3) is 0 Å². The maximum atomic E-state index is 5.64. The molecule has 0 aromatic carbocycles. The van der Waals surface area contributed by atoms with Gasteiger partial charge in [0.2, 0.25) is 0 Å². The first kappa shape index (κ1) is 19.2. The average Bonchev–Trinajstić information content (AvgIpc) is 3.24. The minimum atomic E-state index is 0. The molecule has 1 spiro atoms. The molecule has 1 unspecified atom stereocenters. The molecule has 3 fully saturated rings. The lowest BCUT2D eigenvalue weighted by molar-refractivity contribution is 0.154. The van der Waals surface area contributed by atoms with Gasteiger partial charge in [-0.15, -0.1) is 24.0 Å². The predicted molar refractivity (Wildman–Crippen MR) is 106 cm³/mol.